The van der Waals surface area contributed by atoms with Crippen molar-refractivity contribution < 1.29 is 17.7 Å². The molecule has 8 nitrogen and oxygen atoms in total. The molecule has 25 heavy (non-hydrogen) atoms. The molecule has 10 heteroatoms. The fourth-order valence-corrected chi connectivity index (χ4v) is 6.05. The Morgan fingerprint density at radius 2 is 1.96 bits per heavy atom. The summed E-state index contributed by atoms with van der Waals surface area (Å²) < 4.78 is 37.9. The molecule has 2 aliphatic rings. The van der Waals surface area contributed by atoms with E-state index in [1.807, 2.05) is 0 Å². The highest BCUT2D eigenvalue weighted by Crippen LogP contribution is 2.38. The van der Waals surface area contributed by atoms with E-state index in [-0.39, 0.29) is 10.8 Å². The smallest absolute Gasteiger partial charge is 0.269 e. The van der Waals surface area contributed by atoms with Gasteiger partial charge in [-0.1, -0.05) is 18.0 Å². The van der Waals surface area contributed by atoms with E-state index in [1.54, 1.807) is 11.4 Å². The highest BCUT2D eigenvalue weighted by Gasteiger charge is 2.37. The van der Waals surface area contributed by atoms with E-state index in [1.165, 1.54) is 15.6 Å². The summed E-state index contributed by atoms with van der Waals surface area (Å²) in [6.45, 7) is 1.50. The fraction of sp³-hybridized carbons (Fsp3) is 0.600. The van der Waals surface area contributed by atoms with Crippen molar-refractivity contribution in [3.8, 4) is 10.8 Å². The maximum atomic E-state index is 12.9. The van der Waals surface area contributed by atoms with Crippen LogP contribution in [0.3, 0.4) is 0 Å². The van der Waals surface area contributed by atoms with Gasteiger partial charge in [-0.05, 0) is 24.3 Å². The number of hydrogen-bond donors (Lipinski definition) is 1. The van der Waals surface area contributed by atoms with Crippen molar-refractivity contribution in [2.75, 3.05) is 26.3 Å². The van der Waals surface area contributed by atoms with Crippen LogP contribution < -0.4 is 5.73 Å². The lowest BCUT2D eigenvalue weighted by molar-refractivity contribution is 0.0730. The lowest BCUT2D eigenvalue weighted by atomic mass is 9.99. The number of hydrogen-bond acceptors (Lipinski definition) is 8. The van der Waals surface area contributed by atoms with Gasteiger partial charge in [0.05, 0.1) is 18.8 Å². The second kappa shape index (κ2) is 6.44. The Morgan fingerprint density at radius 3 is 2.68 bits per heavy atom. The van der Waals surface area contributed by atoms with Crippen molar-refractivity contribution >= 4 is 21.4 Å². The first-order chi connectivity index (χ1) is 12.0. The minimum absolute atomic E-state index is 0.201. The zero-order valence-electron chi connectivity index (χ0n) is 13.7. The van der Waals surface area contributed by atoms with Gasteiger partial charge >= 0.3 is 0 Å². The van der Waals surface area contributed by atoms with Crippen molar-refractivity contribution in [1.82, 2.24) is 14.4 Å². The van der Waals surface area contributed by atoms with E-state index in [4.69, 9.17) is 15.0 Å². The highest BCUT2D eigenvalue weighted by molar-refractivity contribution is 7.89. The summed E-state index contributed by atoms with van der Waals surface area (Å²) in [5, 5.41) is 5.75. The molecule has 0 bridgehead atoms. The van der Waals surface area contributed by atoms with Crippen molar-refractivity contribution in [3.05, 3.63) is 17.3 Å². The van der Waals surface area contributed by atoms with Gasteiger partial charge in [-0.2, -0.15) is 9.29 Å². The summed E-state index contributed by atoms with van der Waals surface area (Å²) >= 11 is 1.27. The molecule has 3 heterocycles. The van der Waals surface area contributed by atoms with E-state index in [0.29, 0.717) is 37.0 Å². The summed E-state index contributed by atoms with van der Waals surface area (Å²) in [5.74, 6) is 0.677. The van der Waals surface area contributed by atoms with Crippen LogP contribution in [0, 0.1) is 0 Å². The Labute approximate surface area is 150 Å². The minimum Gasteiger partial charge on any atom is -0.379 e. The Morgan fingerprint density at radius 1 is 1.24 bits per heavy atom. The number of sulfonamides is 1. The van der Waals surface area contributed by atoms with Crippen LogP contribution in [0.25, 0.3) is 10.8 Å². The molecule has 0 aromatic carbocycles. The van der Waals surface area contributed by atoms with Crippen molar-refractivity contribution in [2.45, 2.75) is 36.1 Å². The van der Waals surface area contributed by atoms with Gasteiger partial charge in [-0.15, -0.1) is 11.3 Å². The zero-order chi connectivity index (χ0) is 17.5. The van der Waals surface area contributed by atoms with Gasteiger partial charge in [-0.3, -0.25) is 0 Å². The van der Waals surface area contributed by atoms with Gasteiger partial charge in [-0.25, -0.2) is 8.42 Å². The van der Waals surface area contributed by atoms with Gasteiger partial charge in [0.25, 0.3) is 5.89 Å². The fourth-order valence-electron chi connectivity index (χ4n) is 3.33. The molecule has 0 radical (unpaired) electrons. The zero-order valence-corrected chi connectivity index (χ0v) is 15.3. The van der Waals surface area contributed by atoms with E-state index in [9.17, 15) is 8.42 Å². The Kier molecular flexibility index (Phi) is 4.40. The van der Waals surface area contributed by atoms with Crippen LogP contribution in [0.2, 0.25) is 0 Å². The molecule has 2 aromatic heterocycles. The quantitative estimate of drug-likeness (QED) is 0.851. The van der Waals surface area contributed by atoms with Crippen LogP contribution in [0.1, 0.15) is 31.5 Å². The molecule has 4 rings (SSSR count). The molecule has 2 fully saturated rings. The first kappa shape index (κ1) is 17.1. The van der Waals surface area contributed by atoms with E-state index in [0.717, 1.165) is 25.7 Å². The SMILES string of the molecule is NC1(c2noc(-c3sccc3S(=O)(=O)N3CCOCC3)n2)CCCC1. The lowest BCUT2D eigenvalue weighted by Crippen LogP contribution is -2.40. The third kappa shape index (κ3) is 3.02. The maximum absolute atomic E-state index is 12.9. The summed E-state index contributed by atoms with van der Waals surface area (Å²) in [4.78, 5) is 5.09. The van der Waals surface area contributed by atoms with Crippen LogP contribution >= 0.6 is 11.3 Å². The molecule has 0 spiro atoms. The molecule has 0 amide bonds. The predicted octanol–water partition coefficient (Wildman–Crippen LogP) is 1.55. The Balaban J connectivity index is 1.67. The molecule has 1 aliphatic heterocycles. The second-order valence-electron chi connectivity index (χ2n) is 6.42. The largest absolute Gasteiger partial charge is 0.379 e. The highest BCUT2D eigenvalue weighted by atomic mass is 32.2. The number of rotatable bonds is 4. The normalized spacial score (nSPS) is 21.6. The van der Waals surface area contributed by atoms with Crippen molar-refractivity contribution in [2.24, 2.45) is 5.73 Å². The van der Waals surface area contributed by atoms with Crippen LogP contribution in [0.4, 0.5) is 0 Å². The van der Waals surface area contributed by atoms with Crippen LogP contribution in [-0.4, -0.2) is 49.2 Å². The van der Waals surface area contributed by atoms with Gasteiger partial charge in [0, 0.05) is 13.1 Å². The topological polar surface area (TPSA) is 112 Å². The van der Waals surface area contributed by atoms with Gasteiger partial charge < -0.3 is 15.0 Å². The van der Waals surface area contributed by atoms with Gasteiger partial charge in [0.2, 0.25) is 10.0 Å². The lowest BCUT2D eigenvalue weighted by Gasteiger charge is -2.25. The number of ether oxygens (including phenoxy) is 1. The average Bonchev–Trinajstić information content (AvgIpc) is 3.35. The third-order valence-corrected chi connectivity index (χ3v) is 7.75. The van der Waals surface area contributed by atoms with Crippen LogP contribution in [-0.2, 0) is 20.3 Å². The first-order valence-corrected chi connectivity index (χ1v) is 10.6. The minimum atomic E-state index is -3.62. The number of nitrogens with zero attached hydrogens (tertiary/aromatic N) is 3. The molecule has 136 valence electrons. The summed E-state index contributed by atoms with van der Waals surface area (Å²) in [6, 6.07) is 1.59. The molecule has 2 aromatic rings. The molecule has 1 saturated heterocycles. The van der Waals surface area contributed by atoms with Gasteiger partial charge in [0.1, 0.15) is 9.77 Å². The molecule has 1 aliphatic carbocycles. The van der Waals surface area contributed by atoms with E-state index in [2.05, 4.69) is 10.1 Å². The standard InChI is InChI=1S/C15H20N4O4S2/c16-15(4-1-2-5-15)14-17-13(23-18-14)12-11(3-10-24-12)25(20,21)19-6-8-22-9-7-19/h3,10H,1-2,4-9,16H2. The maximum Gasteiger partial charge on any atom is 0.269 e. The molecular weight excluding hydrogens is 364 g/mol. The van der Waals surface area contributed by atoms with E-state index >= 15 is 0 Å². The van der Waals surface area contributed by atoms with E-state index < -0.39 is 15.6 Å². The summed E-state index contributed by atoms with van der Waals surface area (Å²) in [7, 11) is -3.62. The molecule has 1 saturated carbocycles. The molecule has 0 unspecified atom stereocenters. The Hall–Kier alpha value is -1.33. The second-order valence-corrected chi connectivity index (χ2v) is 9.24. The van der Waals surface area contributed by atoms with Crippen molar-refractivity contribution in [1.29, 1.82) is 0 Å². The average molecular weight is 384 g/mol. The molecule has 0 atom stereocenters. The predicted molar refractivity (Wildman–Crippen MR) is 91.5 cm³/mol. The number of thiophene rings is 1. The first-order valence-electron chi connectivity index (χ1n) is 8.29. The summed E-state index contributed by atoms with van der Waals surface area (Å²) in [6.07, 6.45) is 3.71. The van der Waals surface area contributed by atoms with Gasteiger partial charge in [0.15, 0.2) is 5.82 Å². The molecule has 2 N–H and O–H groups in total. The van der Waals surface area contributed by atoms with Crippen LogP contribution in [0.5, 0.6) is 0 Å². The number of aromatic nitrogens is 2. The third-order valence-electron chi connectivity index (χ3n) is 4.78. The number of morpholine rings is 1. The Bertz CT molecular complexity index is 849. The van der Waals surface area contributed by atoms with Crippen LogP contribution in [0.15, 0.2) is 20.9 Å². The molecular formula is C15H20N4O4S2. The monoisotopic (exact) mass is 384 g/mol. The number of nitrogens with two attached hydrogens (primary N) is 1. The summed E-state index contributed by atoms with van der Waals surface area (Å²) in [5.41, 5.74) is 5.80. The van der Waals surface area contributed by atoms with Crippen molar-refractivity contribution in [3.63, 3.8) is 0 Å².